The predicted octanol–water partition coefficient (Wildman–Crippen LogP) is 2.64. The summed E-state index contributed by atoms with van der Waals surface area (Å²) in [5.74, 6) is 5.13. The number of benzene rings is 1. The second-order valence-corrected chi connectivity index (χ2v) is 5.16. The third-order valence-electron chi connectivity index (χ3n) is 2.11. The van der Waals surface area contributed by atoms with Crippen molar-refractivity contribution >= 4 is 21.9 Å². The van der Waals surface area contributed by atoms with Crippen molar-refractivity contribution in [1.82, 2.24) is 15.0 Å². The number of hydrogen-bond donors (Lipinski definition) is 2. The van der Waals surface area contributed by atoms with E-state index in [1.807, 2.05) is 13.8 Å². The summed E-state index contributed by atoms with van der Waals surface area (Å²) in [6.45, 7) is 3.65. The van der Waals surface area contributed by atoms with Crippen LogP contribution in [0.5, 0.6) is 17.8 Å². The Bertz CT molecular complexity index is 621. The highest BCUT2D eigenvalue weighted by Gasteiger charge is 2.11. The molecule has 1 aromatic carbocycles. The van der Waals surface area contributed by atoms with Crippen molar-refractivity contribution in [2.45, 2.75) is 20.0 Å². The molecule has 0 amide bonds. The summed E-state index contributed by atoms with van der Waals surface area (Å²) in [5, 5.41) is 0. The molecule has 21 heavy (non-hydrogen) atoms. The van der Waals surface area contributed by atoms with Crippen LogP contribution in [0, 0.1) is 5.82 Å². The highest BCUT2D eigenvalue weighted by molar-refractivity contribution is 9.10. The maximum atomic E-state index is 13.3. The molecule has 0 fully saturated rings. The lowest BCUT2D eigenvalue weighted by atomic mass is 10.3. The number of anilines is 1. The summed E-state index contributed by atoms with van der Waals surface area (Å²) in [4.78, 5) is 11.8. The molecule has 0 atom stereocenters. The van der Waals surface area contributed by atoms with Crippen LogP contribution in [-0.2, 0) is 0 Å². The Morgan fingerprint density at radius 2 is 1.90 bits per heavy atom. The van der Waals surface area contributed by atoms with Crippen molar-refractivity contribution in [2.24, 2.45) is 5.84 Å². The van der Waals surface area contributed by atoms with Crippen molar-refractivity contribution < 1.29 is 13.9 Å². The van der Waals surface area contributed by atoms with Crippen LogP contribution in [-0.4, -0.2) is 21.1 Å². The molecule has 3 N–H and O–H groups in total. The fourth-order valence-electron chi connectivity index (χ4n) is 1.40. The fraction of sp³-hybridized carbons (Fsp3) is 0.250. The lowest BCUT2D eigenvalue weighted by Gasteiger charge is -2.10. The number of aromatic nitrogens is 3. The van der Waals surface area contributed by atoms with Gasteiger partial charge in [-0.3, -0.25) is 5.43 Å². The average molecular weight is 358 g/mol. The normalized spacial score (nSPS) is 10.6. The van der Waals surface area contributed by atoms with Crippen molar-refractivity contribution in [1.29, 1.82) is 0 Å². The number of hydrazine groups is 1. The third-order valence-corrected chi connectivity index (χ3v) is 2.57. The number of nitrogen functional groups attached to an aromatic ring is 1. The Labute approximate surface area is 128 Å². The summed E-state index contributed by atoms with van der Waals surface area (Å²) in [5.41, 5.74) is 2.28. The number of hydrogen-bond acceptors (Lipinski definition) is 7. The first-order chi connectivity index (χ1) is 9.96. The van der Waals surface area contributed by atoms with Crippen molar-refractivity contribution in [3.8, 4) is 17.8 Å². The van der Waals surface area contributed by atoms with Crippen LogP contribution in [0.4, 0.5) is 10.3 Å². The Balaban J connectivity index is 2.29. The minimum Gasteiger partial charge on any atom is -0.461 e. The molecular weight excluding hydrogens is 345 g/mol. The lowest BCUT2D eigenvalue weighted by molar-refractivity contribution is 0.218. The van der Waals surface area contributed by atoms with Gasteiger partial charge in [0.15, 0.2) is 0 Å². The van der Waals surface area contributed by atoms with Gasteiger partial charge in [-0.25, -0.2) is 10.2 Å². The average Bonchev–Trinajstić information content (AvgIpc) is 2.36. The number of nitrogens with one attached hydrogen (secondary N) is 1. The van der Waals surface area contributed by atoms with E-state index in [9.17, 15) is 4.39 Å². The SMILES string of the molecule is CC(C)Oc1nc(NN)nc(Oc2cc(F)cc(Br)c2)n1. The molecule has 0 spiro atoms. The number of nitrogens with zero attached hydrogens (tertiary/aromatic N) is 3. The molecule has 0 aliphatic carbocycles. The third kappa shape index (κ3) is 4.50. The van der Waals surface area contributed by atoms with Gasteiger partial charge in [-0.05, 0) is 26.0 Å². The van der Waals surface area contributed by atoms with Crippen LogP contribution < -0.4 is 20.7 Å². The second kappa shape index (κ2) is 6.64. The molecule has 2 rings (SSSR count). The van der Waals surface area contributed by atoms with Crippen LogP contribution in [0.3, 0.4) is 0 Å². The molecule has 0 saturated carbocycles. The first-order valence-corrected chi connectivity index (χ1v) is 6.79. The highest BCUT2D eigenvalue weighted by atomic mass is 79.9. The predicted molar refractivity (Wildman–Crippen MR) is 77.6 cm³/mol. The van der Waals surface area contributed by atoms with Crippen LogP contribution in [0.15, 0.2) is 22.7 Å². The lowest BCUT2D eigenvalue weighted by Crippen LogP contribution is -2.15. The van der Waals surface area contributed by atoms with E-state index in [1.54, 1.807) is 6.07 Å². The van der Waals surface area contributed by atoms with E-state index in [-0.39, 0.29) is 29.8 Å². The van der Waals surface area contributed by atoms with Gasteiger partial charge < -0.3 is 9.47 Å². The molecule has 9 heteroatoms. The van der Waals surface area contributed by atoms with Gasteiger partial charge >= 0.3 is 12.0 Å². The molecule has 0 aliphatic heterocycles. The van der Waals surface area contributed by atoms with Crippen molar-refractivity contribution in [2.75, 3.05) is 5.43 Å². The van der Waals surface area contributed by atoms with Crippen LogP contribution >= 0.6 is 15.9 Å². The monoisotopic (exact) mass is 357 g/mol. The smallest absolute Gasteiger partial charge is 0.330 e. The molecule has 112 valence electrons. The summed E-state index contributed by atoms with van der Waals surface area (Å²) in [7, 11) is 0. The molecule has 0 bridgehead atoms. The van der Waals surface area contributed by atoms with Crippen LogP contribution in [0.1, 0.15) is 13.8 Å². The molecule has 0 unspecified atom stereocenters. The van der Waals surface area contributed by atoms with E-state index in [0.29, 0.717) is 4.47 Å². The van der Waals surface area contributed by atoms with Crippen LogP contribution in [0.2, 0.25) is 0 Å². The minimum absolute atomic E-state index is 0.0541. The Hall–Kier alpha value is -2.00. The van der Waals surface area contributed by atoms with Gasteiger partial charge in [0.05, 0.1) is 6.10 Å². The number of ether oxygens (including phenoxy) is 2. The van der Waals surface area contributed by atoms with E-state index in [2.05, 4.69) is 36.3 Å². The molecule has 0 aliphatic rings. The quantitative estimate of drug-likeness (QED) is 0.627. The molecule has 7 nitrogen and oxygen atoms in total. The van der Waals surface area contributed by atoms with Gasteiger partial charge in [-0.1, -0.05) is 15.9 Å². The van der Waals surface area contributed by atoms with Gasteiger partial charge in [0, 0.05) is 10.5 Å². The Morgan fingerprint density at radius 1 is 1.19 bits per heavy atom. The molecule has 1 aromatic heterocycles. The zero-order valence-electron chi connectivity index (χ0n) is 11.3. The Morgan fingerprint density at radius 3 is 2.52 bits per heavy atom. The van der Waals surface area contributed by atoms with Gasteiger partial charge in [-0.15, -0.1) is 4.98 Å². The molecule has 0 radical (unpaired) electrons. The number of halogens is 2. The summed E-state index contributed by atoms with van der Waals surface area (Å²) < 4.78 is 24.6. The largest absolute Gasteiger partial charge is 0.461 e. The minimum atomic E-state index is -0.454. The fourth-order valence-corrected chi connectivity index (χ4v) is 1.85. The zero-order valence-corrected chi connectivity index (χ0v) is 12.9. The summed E-state index contributed by atoms with van der Waals surface area (Å²) >= 11 is 3.17. The Kier molecular flexibility index (Phi) is 4.86. The van der Waals surface area contributed by atoms with E-state index >= 15 is 0 Å². The maximum Gasteiger partial charge on any atom is 0.330 e. The van der Waals surface area contributed by atoms with Crippen LogP contribution in [0.25, 0.3) is 0 Å². The van der Waals surface area contributed by atoms with E-state index in [4.69, 9.17) is 15.3 Å². The van der Waals surface area contributed by atoms with Gasteiger partial charge in [0.25, 0.3) is 0 Å². The number of rotatable bonds is 5. The highest BCUT2D eigenvalue weighted by Crippen LogP contribution is 2.25. The topological polar surface area (TPSA) is 95.2 Å². The number of nitrogens with two attached hydrogens (primary N) is 1. The maximum absolute atomic E-state index is 13.3. The van der Waals surface area contributed by atoms with E-state index < -0.39 is 5.82 Å². The first-order valence-electron chi connectivity index (χ1n) is 5.99. The van der Waals surface area contributed by atoms with Crippen molar-refractivity contribution in [3.63, 3.8) is 0 Å². The first kappa shape index (κ1) is 15.4. The van der Waals surface area contributed by atoms with Gasteiger partial charge in [0.1, 0.15) is 11.6 Å². The van der Waals surface area contributed by atoms with Gasteiger partial charge in [-0.2, -0.15) is 9.97 Å². The zero-order chi connectivity index (χ0) is 15.4. The molecule has 2 aromatic rings. The van der Waals surface area contributed by atoms with E-state index in [0.717, 1.165) is 0 Å². The molecular formula is C12H13BrFN5O2. The summed E-state index contributed by atoms with van der Waals surface area (Å²) in [6.07, 6.45) is -0.130. The summed E-state index contributed by atoms with van der Waals surface area (Å²) in [6, 6.07) is 4.07. The molecule has 0 saturated heterocycles. The molecule has 1 heterocycles. The standard InChI is InChI=1S/C12H13BrFN5O2/c1-6(2)20-11-16-10(19-15)17-12(18-11)21-9-4-7(13)3-8(14)5-9/h3-6H,15H2,1-2H3,(H,16,17,18,19). The second-order valence-electron chi connectivity index (χ2n) is 4.24. The van der Waals surface area contributed by atoms with Gasteiger partial charge in [0.2, 0.25) is 5.95 Å². The van der Waals surface area contributed by atoms with E-state index in [1.165, 1.54) is 12.1 Å². The van der Waals surface area contributed by atoms with Crippen molar-refractivity contribution in [3.05, 3.63) is 28.5 Å².